The largest absolute Gasteiger partial charge is 0.396 e. The van der Waals surface area contributed by atoms with Crippen LogP contribution in [0.25, 0.3) is 0 Å². The summed E-state index contributed by atoms with van der Waals surface area (Å²) < 4.78 is 0. The van der Waals surface area contributed by atoms with E-state index in [0.717, 1.165) is 0 Å². The molecule has 0 saturated carbocycles. The Morgan fingerprint density at radius 2 is 1.41 bits per heavy atom. The lowest BCUT2D eigenvalue weighted by Crippen LogP contribution is -2.37. The van der Waals surface area contributed by atoms with Crippen molar-refractivity contribution in [3.63, 3.8) is 0 Å². The van der Waals surface area contributed by atoms with Crippen LogP contribution in [0.4, 0.5) is 0 Å². The summed E-state index contributed by atoms with van der Waals surface area (Å²) in [5.74, 6) is 0.577. The maximum atomic E-state index is 9.10. The van der Waals surface area contributed by atoms with Gasteiger partial charge in [0, 0.05) is 6.61 Å². The molecule has 17 heavy (non-hydrogen) atoms. The molecule has 0 amide bonds. The topological polar surface area (TPSA) is 26.7 Å². The number of piperidine rings is 2. The summed E-state index contributed by atoms with van der Waals surface area (Å²) in [6.07, 6.45) is 7.96. The Morgan fingerprint density at radius 1 is 0.824 bits per heavy atom. The number of hydrogen-bond donors (Lipinski definition) is 1. The Bertz CT molecular complexity index is 196. The highest BCUT2D eigenvalue weighted by Gasteiger charge is 2.18. The molecule has 100 valence electrons. The van der Waals surface area contributed by atoms with E-state index in [4.69, 9.17) is 5.11 Å². The molecule has 0 atom stereocenters. The average molecular weight is 240 g/mol. The SMILES string of the molecule is OCC1CCN(CCCN2CCCCC2)CC1. The minimum atomic E-state index is 0.390. The van der Waals surface area contributed by atoms with Crippen molar-refractivity contribution in [1.82, 2.24) is 9.80 Å². The fraction of sp³-hybridized carbons (Fsp3) is 1.00. The molecule has 2 aliphatic heterocycles. The van der Waals surface area contributed by atoms with Gasteiger partial charge in [-0.05, 0) is 77.3 Å². The maximum absolute atomic E-state index is 9.10. The van der Waals surface area contributed by atoms with E-state index in [0.29, 0.717) is 12.5 Å². The molecule has 0 radical (unpaired) electrons. The minimum absolute atomic E-state index is 0.390. The van der Waals surface area contributed by atoms with Gasteiger partial charge in [-0.25, -0.2) is 0 Å². The summed E-state index contributed by atoms with van der Waals surface area (Å²) in [5.41, 5.74) is 0. The van der Waals surface area contributed by atoms with Crippen molar-refractivity contribution in [2.45, 2.75) is 38.5 Å². The van der Waals surface area contributed by atoms with Gasteiger partial charge in [0.25, 0.3) is 0 Å². The van der Waals surface area contributed by atoms with E-state index in [2.05, 4.69) is 9.80 Å². The van der Waals surface area contributed by atoms with Crippen LogP contribution in [-0.2, 0) is 0 Å². The standard InChI is InChI=1S/C14H28N2O/c17-13-14-5-11-16(12-6-14)10-4-9-15-7-2-1-3-8-15/h14,17H,1-13H2. The average Bonchev–Trinajstić information content (AvgIpc) is 2.41. The Balaban J connectivity index is 1.53. The van der Waals surface area contributed by atoms with Gasteiger partial charge < -0.3 is 14.9 Å². The fourth-order valence-corrected chi connectivity index (χ4v) is 3.09. The molecule has 3 nitrogen and oxygen atoms in total. The predicted octanol–water partition coefficient (Wildman–Crippen LogP) is 1.57. The highest BCUT2D eigenvalue weighted by atomic mass is 16.3. The van der Waals surface area contributed by atoms with Crippen LogP contribution in [-0.4, -0.2) is 60.8 Å². The van der Waals surface area contributed by atoms with Crippen LogP contribution in [0.3, 0.4) is 0 Å². The Kier molecular flexibility index (Phi) is 5.75. The van der Waals surface area contributed by atoms with Crippen LogP contribution >= 0.6 is 0 Å². The number of aliphatic hydroxyl groups is 1. The highest BCUT2D eigenvalue weighted by molar-refractivity contribution is 4.72. The zero-order valence-corrected chi connectivity index (χ0v) is 11.1. The molecule has 3 heteroatoms. The first kappa shape index (κ1) is 13.3. The first-order chi connectivity index (χ1) is 8.38. The van der Waals surface area contributed by atoms with Gasteiger partial charge in [0.1, 0.15) is 0 Å². The number of rotatable bonds is 5. The van der Waals surface area contributed by atoms with Crippen LogP contribution in [0.2, 0.25) is 0 Å². The van der Waals surface area contributed by atoms with Crippen molar-refractivity contribution in [2.75, 3.05) is 45.9 Å². The van der Waals surface area contributed by atoms with Gasteiger partial charge in [-0.3, -0.25) is 0 Å². The number of aliphatic hydroxyl groups excluding tert-OH is 1. The van der Waals surface area contributed by atoms with E-state index in [9.17, 15) is 0 Å². The third-order valence-electron chi connectivity index (χ3n) is 4.36. The molecule has 2 saturated heterocycles. The molecule has 0 aromatic heterocycles. The van der Waals surface area contributed by atoms with Crippen LogP contribution in [0, 0.1) is 5.92 Å². The number of nitrogens with zero attached hydrogens (tertiary/aromatic N) is 2. The van der Waals surface area contributed by atoms with E-state index in [1.165, 1.54) is 77.8 Å². The molecule has 0 bridgehead atoms. The zero-order chi connectivity index (χ0) is 11.9. The van der Waals surface area contributed by atoms with Gasteiger partial charge in [-0.1, -0.05) is 6.42 Å². The van der Waals surface area contributed by atoms with Crippen LogP contribution < -0.4 is 0 Å². The van der Waals surface area contributed by atoms with Gasteiger partial charge in [0.05, 0.1) is 0 Å². The second kappa shape index (κ2) is 7.34. The van der Waals surface area contributed by atoms with E-state index >= 15 is 0 Å². The van der Waals surface area contributed by atoms with Gasteiger partial charge in [0.15, 0.2) is 0 Å². The lowest BCUT2D eigenvalue weighted by Gasteiger charge is -2.32. The molecule has 0 aromatic carbocycles. The van der Waals surface area contributed by atoms with Crippen molar-refractivity contribution >= 4 is 0 Å². The molecule has 0 spiro atoms. The Labute approximate surface area is 106 Å². The van der Waals surface area contributed by atoms with E-state index in [1.807, 2.05) is 0 Å². The number of likely N-dealkylation sites (tertiary alicyclic amines) is 2. The summed E-state index contributed by atoms with van der Waals surface area (Å²) >= 11 is 0. The third-order valence-corrected chi connectivity index (χ3v) is 4.36. The molecule has 0 aromatic rings. The molecule has 1 N–H and O–H groups in total. The lowest BCUT2D eigenvalue weighted by atomic mass is 9.98. The van der Waals surface area contributed by atoms with Gasteiger partial charge in [-0.2, -0.15) is 0 Å². The Hall–Kier alpha value is -0.120. The van der Waals surface area contributed by atoms with Gasteiger partial charge in [0.2, 0.25) is 0 Å². The quantitative estimate of drug-likeness (QED) is 0.790. The molecule has 2 fully saturated rings. The van der Waals surface area contributed by atoms with E-state index in [1.54, 1.807) is 0 Å². The normalized spacial score (nSPS) is 25.2. The summed E-state index contributed by atoms with van der Waals surface area (Å²) in [6, 6.07) is 0. The predicted molar refractivity (Wildman–Crippen MR) is 71.2 cm³/mol. The van der Waals surface area contributed by atoms with Crippen LogP contribution in [0.15, 0.2) is 0 Å². The monoisotopic (exact) mass is 240 g/mol. The molecular formula is C14H28N2O. The van der Waals surface area contributed by atoms with Crippen molar-refractivity contribution in [2.24, 2.45) is 5.92 Å². The smallest absolute Gasteiger partial charge is 0.0460 e. The van der Waals surface area contributed by atoms with Gasteiger partial charge in [-0.15, -0.1) is 0 Å². The molecule has 2 rings (SSSR count). The van der Waals surface area contributed by atoms with Crippen molar-refractivity contribution in [3.05, 3.63) is 0 Å². The second-order valence-electron chi connectivity index (χ2n) is 5.72. The Morgan fingerprint density at radius 3 is 2.00 bits per heavy atom. The zero-order valence-electron chi connectivity index (χ0n) is 11.1. The summed E-state index contributed by atoms with van der Waals surface area (Å²) in [4.78, 5) is 5.21. The molecule has 0 unspecified atom stereocenters. The van der Waals surface area contributed by atoms with E-state index in [-0.39, 0.29) is 0 Å². The van der Waals surface area contributed by atoms with Crippen molar-refractivity contribution < 1.29 is 5.11 Å². The molecule has 0 aliphatic carbocycles. The molecule has 2 aliphatic rings. The summed E-state index contributed by atoms with van der Waals surface area (Å²) in [5, 5.41) is 9.10. The minimum Gasteiger partial charge on any atom is -0.396 e. The van der Waals surface area contributed by atoms with Crippen molar-refractivity contribution in [3.8, 4) is 0 Å². The fourth-order valence-electron chi connectivity index (χ4n) is 3.09. The molecular weight excluding hydrogens is 212 g/mol. The van der Waals surface area contributed by atoms with Crippen molar-refractivity contribution in [1.29, 1.82) is 0 Å². The first-order valence-corrected chi connectivity index (χ1v) is 7.44. The maximum Gasteiger partial charge on any atom is 0.0460 e. The van der Waals surface area contributed by atoms with E-state index < -0.39 is 0 Å². The van der Waals surface area contributed by atoms with Gasteiger partial charge >= 0.3 is 0 Å². The first-order valence-electron chi connectivity index (χ1n) is 7.44. The summed E-state index contributed by atoms with van der Waals surface area (Å²) in [7, 11) is 0. The molecule has 2 heterocycles. The highest BCUT2D eigenvalue weighted by Crippen LogP contribution is 2.16. The second-order valence-corrected chi connectivity index (χ2v) is 5.72. The number of hydrogen-bond acceptors (Lipinski definition) is 3. The van der Waals surface area contributed by atoms with Crippen LogP contribution in [0.5, 0.6) is 0 Å². The lowest BCUT2D eigenvalue weighted by molar-refractivity contribution is 0.125. The summed E-state index contributed by atoms with van der Waals surface area (Å²) in [6.45, 7) is 7.99. The third kappa shape index (κ3) is 4.57. The van der Waals surface area contributed by atoms with Crippen LogP contribution in [0.1, 0.15) is 38.5 Å².